The smallest absolute Gasteiger partial charge is 0.433 e. The van der Waals surface area contributed by atoms with E-state index in [9.17, 15) is 30.1 Å². The third-order valence-corrected chi connectivity index (χ3v) is 2.43. The Balaban J connectivity index is 2.24. The molecule has 0 spiro atoms. The molecule has 10 heteroatoms. The predicted molar refractivity (Wildman–Crippen MR) is 68.1 cm³/mol. The Morgan fingerprint density at radius 2 is 1.86 bits per heavy atom. The van der Waals surface area contributed by atoms with Gasteiger partial charge < -0.3 is 14.8 Å². The first kappa shape index (κ1) is 14.0. The maximum atomic E-state index is 11.8. The first-order chi connectivity index (χ1) is 9.88. The highest BCUT2D eigenvalue weighted by molar-refractivity contribution is 6.03. The molecule has 0 saturated carbocycles. The Morgan fingerprint density at radius 3 is 2.43 bits per heavy atom. The van der Waals surface area contributed by atoms with Crippen LogP contribution < -0.4 is 5.32 Å². The van der Waals surface area contributed by atoms with E-state index in [4.69, 9.17) is 0 Å². The van der Waals surface area contributed by atoms with E-state index in [1.807, 2.05) is 0 Å². The van der Waals surface area contributed by atoms with Gasteiger partial charge in [-0.3, -0.25) is 25.0 Å². The molecule has 2 rings (SSSR count). The van der Waals surface area contributed by atoms with Gasteiger partial charge in [-0.2, -0.15) is 0 Å². The van der Waals surface area contributed by atoms with Crippen LogP contribution in [0.3, 0.4) is 0 Å². The molecule has 0 fully saturated rings. The molecule has 0 radical (unpaired) electrons. The molecule has 0 aliphatic heterocycles. The summed E-state index contributed by atoms with van der Waals surface area (Å²) < 4.78 is 4.67. The summed E-state index contributed by atoms with van der Waals surface area (Å²) in [6, 6.07) is 5.11. The number of amides is 1. The molecule has 1 aromatic carbocycles. The average molecular weight is 293 g/mol. The Morgan fingerprint density at radius 1 is 1.14 bits per heavy atom. The van der Waals surface area contributed by atoms with Gasteiger partial charge in [0.1, 0.15) is 10.7 Å². The number of rotatable bonds is 4. The second-order valence-corrected chi connectivity index (χ2v) is 3.81. The largest absolute Gasteiger partial charge is 0.506 e. The molecule has 1 heterocycles. The maximum absolute atomic E-state index is 11.8. The molecule has 108 valence electrons. The zero-order valence-electron chi connectivity index (χ0n) is 10.2. The molecule has 10 nitrogen and oxygen atoms in total. The fourth-order valence-electron chi connectivity index (χ4n) is 1.47. The van der Waals surface area contributed by atoms with Gasteiger partial charge >= 0.3 is 5.88 Å². The van der Waals surface area contributed by atoms with Gasteiger partial charge in [-0.1, -0.05) is 0 Å². The van der Waals surface area contributed by atoms with Gasteiger partial charge in [-0.25, -0.2) is 0 Å². The summed E-state index contributed by atoms with van der Waals surface area (Å²) in [5.74, 6) is -2.27. The van der Waals surface area contributed by atoms with Gasteiger partial charge in [0, 0.05) is 12.1 Å². The number of carbonyl (C=O) groups excluding carboxylic acids is 1. The normalized spacial score (nSPS) is 10.1. The summed E-state index contributed by atoms with van der Waals surface area (Å²) in [6.07, 6.45) is 0. The van der Waals surface area contributed by atoms with Crippen molar-refractivity contribution in [2.45, 2.75) is 0 Å². The quantitative estimate of drug-likeness (QED) is 0.497. The van der Waals surface area contributed by atoms with E-state index in [0.717, 1.165) is 30.3 Å². The fourth-order valence-corrected chi connectivity index (χ4v) is 1.47. The molecular weight excluding hydrogens is 286 g/mol. The summed E-state index contributed by atoms with van der Waals surface area (Å²) >= 11 is 0. The van der Waals surface area contributed by atoms with Crippen LogP contribution in [0.5, 0.6) is 5.75 Å². The summed E-state index contributed by atoms with van der Waals surface area (Å²) in [5.41, 5.74) is -0.554. The van der Waals surface area contributed by atoms with Crippen LogP contribution in [-0.4, -0.2) is 20.9 Å². The summed E-state index contributed by atoms with van der Waals surface area (Å²) in [7, 11) is 0. The van der Waals surface area contributed by atoms with E-state index in [1.54, 1.807) is 0 Å². The van der Waals surface area contributed by atoms with Crippen molar-refractivity contribution in [1.82, 2.24) is 0 Å². The van der Waals surface area contributed by atoms with E-state index in [1.165, 1.54) is 0 Å². The highest BCUT2D eigenvalue weighted by Crippen LogP contribution is 2.28. The minimum absolute atomic E-state index is 0.215. The van der Waals surface area contributed by atoms with E-state index >= 15 is 0 Å². The molecular formula is C11H7N3O7. The van der Waals surface area contributed by atoms with Gasteiger partial charge in [0.2, 0.25) is 0 Å². The summed E-state index contributed by atoms with van der Waals surface area (Å²) in [4.78, 5) is 31.3. The topological polar surface area (TPSA) is 149 Å². The second-order valence-electron chi connectivity index (χ2n) is 3.81. The number of phenolic OH excluding ortho intramolecular Hbond substituents is 1. The number of carbonyl (C=O) groups is 1. The molecule has 2 aromatic rings. The zero-order valence-corrected chi connectivity index (χ0v) is 10.2. The van der Waals surface area contributed by atoms with Crippen molar-refractivity contribution < 1.29 is 24.2 Å². The summed E-state index contributed by atoms with van der Waals surface area (Å²) in [5, 5.41) is 32.7. The van der Waals surface area contributed by atoms with Crippen molar-refractivity contribution in [2.24, 2.45) is 0 Å². The van der Waals surface area contributed by atoms with Crippen LogP contribution in [0.1, 0.15) is 10.6 Å². The monoisotopic (exact) mass is 293 g/mol. The summed E-state index contributed by atoms with van der Waals surface area (Å²) in [6.45, 7) is 0. The molecule has 0 aliphatic rings. The second kappa shape index (κ2) is 5.28. The van der Waals surface area contributed by atoms with E-state index in [-0.39, 0.29) is 17.1 Å². The van der Waals surface area contributed by atoms with Gasteiger partial charge in [0.15, 0.2) is 5.76 Å². The number of non-ortho nitro benzene ring substituents is 1. The van der Waals surface area contributed by atoms with Crippen LogP contribution >= 0.6 is 0 Å². The Labute approximate surface area is 115 Å². The van der Waals surface area contributed by atoms with Crippen LogP contribution in [0.15, 0.2) is 34.7 Å². The van der Waals surface area contributed by atoms with E-state index < -0.39 is 27.4 Å². The van der Waals surface area contributed by atoms with Crippen molar-refractivity contribution in [1.29, 1.82) is 0 Å². The highest BCUT2D eigenvalue weighted by Gasteiger charge is 2.19. The van der Waals surface area contributed by atoms with E-state index in [2.05, 4.69) is 9.73 Å². The zero-order chi connectivity index (χ0) is 15.6. The molecule has 2 N–H and O–H groups in total. The number of anilines is 1. The maximum Gasteiger partial charge on any atom is 0.433 e. The lowest BCUT2D eigenvalue weighted by Gasteiger charge is -2.05. The van der Waals surface area contributed by atoms with Crippen molar-refractivity contribution in [3.05, 3.63) is 56.3 Å². The van der Waals surface area contributed by atoms with Crippen molar-refractivity contribution in [3.63, 3.8) is 0 Å². The van der Waals surface area contributed by atoms with Crippen LogP contribution in [-0.2, 0) is 0 Å². The van der Waals surface area contributed by atoms with Crippen molar-refractivity contribution >= 4 is 23.2 Å². The minimum atomic E-state index is -0.890. The lowest BCUT2D eigenvalue weighted by Crippen LogP contribution is -2.11. The Bertz CT molecular complexity index is 737. The molecule has 0 aliphatic carbocycles. The van der Waals surface area contributed by atoms with Crippen LogP contribution in [0.25, 0.3) is 0 Å². The number of nitrogens with zero attached hydrogens (tertiary/aromatic N) is 2. The number of aromatic hydroxyl groups is 1. The minimum Gasteiger partial charge on any atom is -0.506 e. The Hall–Kier alpha value is -3.43. The number of benzene rings is 1. The number of nitro groups is 2. The molecule has 0 atom stereocenters. The third kappa shape index (κ3) is 2.94. The SMILES string of the molecule is O=C(Nc1cc([N+](=O)[O-])ccc1O)c1ccc([N+](=O)[O-])o1. The first-order valence-corrected chi connectivity index (χ1v) is 5.41. The average Bonchev–Trinajstić information content (AvgIpc) is 2.90. The molecule has 0 unspecified atom stereocenters. The molecule has 1 amide bonds. The molecule has 1 aromatic heterocycles. The van der Waals surface area contributed by atoms with Gasteiger partial charge in [-0.05, 0) is 12.1 Å². The predicted octanol–water partition coefficient (Wildman–Crippen LogP) is 2.05. The lowest BCUT2D eigenvalue weighted by molar-refractivity contribution is -0.402. The lowest BCUT2D eigenvalue weighted by atomic mass is 10.2. The third-order valence-electron chi connectivity index (χ3n) is 2.43. The van der Waals surface area contributed by atoms with Gasteiger partial charge in [-0.15, -0.1) is 0 Å². The molecule has 21 heavy (non-hydrogen) atoms. The van der Waals surface area contributed by atoms with Gasteiger partial charge in [0.05, 0.1) is 16.7 Å². The number of nitrogens with one attached hydrogen (secondary N) is 1. The van der Waals surface area contributed by atoms with Crippen LogP contribution in [0.2, 0.25) is 0 Å². The molecule has 0 bridgehead atoms. The number of nitro benzene ring substituents is 1. The van der Waals surface area contributed by atoms with Crippen molar-refractivity contribution in [3.8, 4) is 5.75 Å². The fraction of sp³-hybridized carbons (Fsp3) is 0. The first-order valence-electron chi connectivity index (χ1n) is 5.41. The number of hydrogen-bond acceptors (Lipinski definition) is 7. The number of phenols is 1. The standard InChI is InChI=1S/C11H7N3O7/c15-8-2-1-6(13(17)18)5-7(8)12-11(16)9-3-4-10(21-9)14(19)20/h1-5,15H,(H,12,16). The number of furan rings is 1. The van der Waals surface area contributed by atoms with E-state index in [0.29, 0.717) is 0 Å². The van der Waals surface area contributed by atoms with Crippen molar-refractivity contribution in [2.75, 3.05) is 5.32 Å². The Kier molecular flexibility index (Phi) is 3.52. The van der Waals surface area contributed by atoms with Crippen LogP contribution in [0, 0.1) is 20.2 Å². The van der Waals surface area contributed by atoms with Crippen LogP contribution in [0.4, 0.5) is 17.3 Å². The number of hydrogen-bond donors (Lipinski definition) is 2. The van der Waals surface area contributed by atoms with Gasteiger partial charge in [0.25, 0.3) is 11.6 Å². The molecule has 0 saturated heterocycles. The highest BCUT2D eigenvalue weighted by atomic mass is 16.6.